The lowest BCUT2D eigenvalue weighted by atomic mass is 9.94. The quantitative estimate of drug-likeness (QED) is 0.768. The highest BCUT2D eigenvalue weighted by Gasteiger charge is 2.38. The molecule has 2 rings (SSSR count). The lowest BCUT2D eigenvalue weighted by molar-refractivity contribution is -0.140. The molecule has 1 saturated heterocycles. The molecule has 1 amide bonds. The fourth-order valence-corrected chi connectivity index (χ4v) is 3.22. The molecule has 0 aliphatic carbocycles. The summed E-state index contributed by atoms with van der Waals surface area (Å²) in [6.07, 6.45) is 2.16. The molecule has 1 aromatic heterocycles. The molecular formula is C13H18ClNOS. The lowest BCUT2D eigenvalue weighted by Gasteiger charge is -2.31. The van der Waals surface area contributed by atoms with E-state index >= 15 is 0 Å². The van der Waals surface area contributed by atoms with Gasteiger partial charge in [-0.2, -0.15) is 0 Å². The van der Waals surface area contributed by atoms with E-state index in [-0.39, 0.29) is 11.9 Å². The second-order valence-corrected chi connectivity index (χ2v) is 6.44. The Morgan fingerprint density at radius 2 is 2.41 bits per heavy atom. The number of halogens is 1. The Hall–Kier alpha value is -0.540. The summed E-state index contributed by atoms with van der Waals surface area (Å²) >= 11 is 7.63. The van der Waals surface area contributed by atoms with Gasteiger partial charge in [0.25, 0.3) is 0 Å². The first-order valence-electron chi connectivity index (χ1n) is 5.97. The molecule has 1 atom stereocenters. The van der Waals surface area contributed by atoms with Crippen molar-refractivity contribution in [1.29, 1.82) is 0 Å². The van der Waals surface area contributed by atoms with Gasteiger partial charge in [0, 0.05) is 17.3 Å². The van der Waals surface area contributed by atoms with Crippen LogP contribution in [0.4, 0.5) is 0 Å². The Morgan fingerprint density at radius 1 is 1.65 bits per heavy atom. The molecule has 17 heavy (non-hydrogen) atoms. The average molecular weight is 272 g/mol. The molecule has 1 aromatic rings. The molecule has 0 N–H and O–H groups in total. The van der Waals surface area contributed by atoms with Crippen molar-refractivity contribution in [3.05, 3.63) is 22.4 Å². The van der Waals surface area contributed by atoms with Gasteiger partial charge in [0.15, 0.2) is 0 Å². The van der Waals surface area contributed by atoms with Crippen LogP contribution in [0, 0.1) is 5.41 Å². The van der Waals surface area contributed by atoms with Crippen LogP contribution in [-0.2, 0) is 4.79 Å². The molecule has 0 bridgehead atoms. The third-order valence-electron chi connectivity index (χ3n) is 3.30. The largest absolute Gasteiger partial charge is 0.334 e. The Balaban J connectivity index is 2.18. The molecule has 1 fully saturated rings. The first kappa shape index (κ1) is 12.9. The molecule has 1 aliphatic heterocycles. The topological polar surface area (TPSA) is 20.3 Å². The first-order valence-corrected chi connectivity index (χ1v) is 7.38. The fourth-order valence-electron chi connectivity index (χ4n) is 2.23. The fraction of sp³-hybridized carbons (Fsp3) is 0.615. The third-order valence-corrected chi connectivity index (χ3v) is 4.94. The number of thiophene rings is 1. The number of hydrogen-bond acceptors (Lipinski definition) is 2. The van der Waals surface area contributed by atoms with E-state index in [2.05, 4.69) is 11.4 Å². The molecule has 4 heteroatoms. The van der Waals surface area contributed by atoms with E-state index in [0.29, 0.717) is 5.88 Å². The highest BCUT2D eigenvalue weighted by Crippen LogP contribution is 2.37. The summed E-state index contributed by atoms with van der Waals surface area (Å²) < 4.78 is 0. The molecule has 2 heterocycles. The monoisotopic (exact) mass is 271 g/mol. The van der Waals surface area contributed by atoms with Gasteiger partial charge >= 0.3 is 0 Å². The van der Waals surface area contributed by atoms with E-state index in [1.165, 1.54) is 4.88 Å². The molecule has 0 spiro atoms. The predicted octanol–water partition coefficient (Wildman–Crippen LogP) is 3.68. The average Bonchev–Trinajstić information content (AvgIpc) is 2.97. The smallest absolute Gasteiger partial charge is 0.229 e. The zero-order valence-corrected chi connectivity index (χ0v) is 11.9. The van der Waals surface area contributed by atoms with Crippen LogP contribution in [0.25, 0.3) is 0 Å². The van der Waals surface area contributed by atoms with Crippen LogP contribution in [0.2, 0.25) is 0 Å². The van der Waals surface area contributed by atoms with Crippen molar-refractivity contribution in [2.24, 2.45) is 5.41 Å². The molecule has 0 radical (unpaired) electrons. The van der Waals surface area contributed by atoms with Crippen LogP contribution in [-0.4, -0.2) is 23.2 Å². The number of nitrogens with zero attached hydrogens (tertiary/aromatic N) is 1. The number of carbonyl (C=O) groups excluding carboxylic acids is 1. The molecule has 1 unspecified atom stereocenters. The van der Waals surface area contributed by atoms with E-state index in [1.54, 1.807) is 11.3 Å². The van der Waals surface area contributed by atoms with Crippen molar-refractivity contribution < 1.29 is 4.79 Å². The summed E-state index contributed by atoms with van der Waals surface area (Å²) in [6.45, 7) is 4.71. The minimum atomic E-state index is -0.457. The van der Waals surface area contributed by atoms with Crippen molar-refractivity contribution in [3.63, 3.8) is 0 Å². The molecule has 1 aliphatic rings. The number of hydrogen-bond donors (Lipinski definition) is 0. The minimum absolute atomic E-state index is 0.184. The van der Waals surface area contributed by atoms with Crippen molar-refractivity contribution in [1.82, 2.24) is 4.90 Å². The minimum Gasteiger partial charge on any atom is -0.334 e. The van der Waals surface area contributed by atoms with Crippen LogP contribution in [0.5, 0.6) is 0 Å². The van der Waals surface area contributed by atoms with Crippen LogP contribution in [0.15, 0.2) is 17.5 Å². The zero-order valence-electron chi connectivity index (χ0n) is 10.3. The van der Waals surface area contributed by atoms with Gasteiger partial charge in [-0.05, 0) is 38.1 Å². The maximum absolute atomic E-state index is 12.4. The standard InChI is InChI=1S/C13H18ClNOS/c1-13(2,9-14)12(16)15-7-3-5-10(15)11-6-4-8-17-11/h4,6,8,10H,3,5,7,9H2,1-2H3. The lowest BCUT2D eigenvalue weighted by Crippen LogP contribution is -2.41. The maximum atomic E-state index is 12.4. The van der Waals surface area contributed by atoms with Crippen LogP contribution >= 0.6 is 22.9 Å². The Labute approximate surface area is 112 Å². The Morgan fingerprint density at radius 3 is 3.00 bits per heavy atom. The van der Waals surface area contributed by atoms with Gasteiger partial charge in [-0.25, -0.2) is 0 Å². The zero-order chi connectivity index (χ0) is 12.5. The van der Waals surface area contributed by atoms with E-state index in [9.17, 15) is 4.79 Å². The Bertz CT molecular complexity index is 388. The maximum Gasteiger partial charge on any atom is 0.229 e. The van der Waals surface area contributed by atoms with Crippen molar-refractivity contribution in [3.8, 4) is 0 Å². The first-order chi connectivity index (χ1) is 8.06. The highest BCUT2D eigenvalue weighted by molar-refractivity contribution is 7.10. The van der Waals surface area contributed by atoms with Gasteiger partial charge < -0.3 is 4.90 Å². The van der Waals surface area contributed by atoms with E-state index < -0.39 is 5.41 Å². The molecule has 0 saturated carbocycles. The van der Waals surface area contributed by atoms with Crippen molar-refractivity contribution >= 4 is 28.8 Å². The van der Waals surface area contributed by atoms with Crippen LogP contribution in [0.3, 0.4) is 0 Å². The van der Waals surface area contributed by atoms with Crippen molar-refractivity contribution in [2.45, 2.75) is 32.7 Å². The number of likely N-dealkylation sites (tertiary alicyclic amines) is 1. The normalized spacial score (nSPS) is 20.9. The van der Waals surface area contributed by atoms with Gasteiger partial charge in [-0.15, -0.1) is 22.9 Å². The summed E-state index contributed by atoms with van der Waals surface area (Å²) in [7, 11) is 0. The second kappa shape index (κ2) is 4.99. The molecule has 0 aromatic carbocycles. The second-order valence-electron chi connectivity index (χ2n) is 5.19. The van der Waals surface area contributed by atoms with Gasteiger partial charge in [-0.3, -0.25) is 4.79 Å². The summed E-state index contributed by atoms with van der Waals surface area (Å²) in [6, 6.07) is 4.44. The Kier molecular flexibility index (Phi) is 3.79. The number of rotatable bonds is 3. The van der Waals surface area contributed by atoms with Gasteiger partial charge in [0.05, 0.1) is 11.5 Å². The molecule has 2 nitrogen and oxygen atoms in total. The highest BCUT2D eigenvalue weighted by atomic mass is 35.5. The third kappa shape index (κ3) is 2.50. The van der Waals surface area contributed by atoms with Crippen LogP contribution < -0.4 is 0 Å². The van der Waals surface area contributed by atoms with Gasteiger partial charge in [0.1, 0.15) is 0 Å². The number of amides is 1. The van der Waals surface area contributed by atoms with Crippen LogP contribution in [0.1, 0.15) is 37.6 Å². The van der Waals surface area contributed by atoms with E-state index in [0.717, 1.165) is 19.4 Å². The van der Waals surface area contributed by atoms with Crippen molar-refractivity contribution in [2.75, 3.05) is 12.4 Å². The SMILES string of the molecule is CC(C)(CCl)C(=O)N1CCCC1c1cccs1. The summed E-state index contributed by atoms with van der Waals surface area (Å²) in [5.41, 5.74) is -0.457. The van der Waals surface area contributed by atoms with Gasteiger partial charge in [0.2, 0.25) is 5.91 Å². The summed E-state index contributed by atoms with van der Waals surface area (Å²) in [5.74, 6) is 0.558. The number of carbonyl (C=O) groups is 1. The van der Waals surface area contributed by atoms with E-state index in [1.807, 2.05) is 24.8 Å². The van der Waals surface area contributed by atoms with E-state index in [4.69, 9.17) is 11.6 Å². The predicted molar refractivity (Wildman–Crippen MR) is 72.5 cm³/mol. The molecular weight excluding hydrogens is 254 g/mol. The number of alkyl halides is 1. The summed E-state index contributed by atoms with van der Waals surface area (Å²) in [4.78, 5) is 15.8. The molecule has 94 valence electrons. The van der Waals surface area contributed by atoms with Gasteiger partial charge in [-0.1, -0.05) is 6.07 Å². The summed E-state index contributed by atoms with van der Waals surface area (Å²) in [5, 5.41) is 2.07.